The molecule has 0 heterocycles. The number of unbranched alkanes of at least 4 members (excludes halogenated alkanes) is 1. The molecule has 0 unspecified atom stereocenters. The normalized spacial score (nSPS) is 10.7. The van der Waals surface area contributed by atoms with Gasteiger partial charge in [-0.05, 0) is 50.8 Å². The second kappa shape index (κ2) is 13.3. The van der Waals surface area contributed by atoms with Crippen molar-refractivity contribution in [2.75, 3.05) is 38.3 Å². The zero-order valence-corrected chi connectivity index (χ0v) is 10.5. The number of rotatable bonds is 11. The van der Waals surface area contributed by atoms with E-state index in [0.717, 1.165) is 39.1 Å². The highest BCUT2D eigenvalue weighted by molar-refractivity contribution is 7.98. The van der Waals surface area contributed by atoms with Crippen molar-refractivity contribution in [3.8, 4) is 0 Å². The van der Waals surface area contributed by atoms with Gasteiger partial charge in [0.1, 0.15) is 0 Å². The van der Waals surface area contributed by atoms with Gasteiger partial charge in [-0.3, -0.25) is 0 Å². The van der Waals surface area contributed by atoms with E-state index in [0.29, 0.717) is 0 Å². The molecule has 0 aromatic carbocycles. The summed E-state index contributed by atoms with van der Waals surface area (Å²) in [6.45, 7) is 6.22. The summed E-state index contributed by atoms with van der Waals surface area (Å²) in [6.07, 6.45) is 7.07. The molecule has 14 heavy (non-hydrogen) atoms. The van der Waals surface area contributed by atoms with Gasteiger partial charge in [0.25, 0.3) is 0 Å². The first kappa shape index (κ1) is 14.3. The van der Waals surface area contributed by atoms with Gasteiger partial charge in [-0.25, -0.2) is 0 Å². The first-order valence-electron chi connectivity index (χ1n) is 5.69. The van der Waals surface area contributed by atoms with Crippen LogP contribution >= 0.6 is 11.8 Å². The third-order valence-electron chi connectivity index (χ3n) is 1.94. The minimum atomic E-state index is 0.908. The molecule has 0 aliphatic carbocycles. The Labute approximate surface area is 93.2 Å². The fraction of sp³-hybridized carbons (Fsp3) is 1.00. The number of thioether (sulfide) groups is 1. The minimum absolute atomic E-state index is 0.908. The van der Waals surface area contributed by atoms with Crippen molar-refractivity contribution >= 4 is 11.8 Å². The SMILES string of the molecule is CCCOCCCNCCCCSC. The van der Waals surface area contributed by atoms with Crippen molar-refractivity contribution in [2.45, 2.75) is 32.6 Å². The molecule has 3 heteroatoms. The van der Waals surface area contributed by atoms with Crippen molar-refractivity contribution in [1.29, 1.82) is 0 Å². The molecule has 0 spiro atoms. The van der Waals surface area contributed by atoms with Crippen LogP contribution in [0, 0.1) is 0 Å². The molecule has 0 bridgehead atoms. The van der Waals surface area contributed by atoms with Gasteiger partial charge in [0.05, 0.1) is 0 Å². The number of nitrogens with one attached hydrogen (secondary N) is 1. The van der Waals surface area contributed by atoms with Gasteiger partial charge in [-0.15, -0.1) is 0 Å². The van der Waals surface area contributed by atoms with Gasteiger partial charge in [0.2, 0.25) is 0 Å². The molecule has 0 aromatic rings. The molecule has 0 aromatic heterocycles. The lowest BCUT2D eigenvalue weighted by Crippen LogP contribution is -2.18. The van der Waals surface area contributed by atoms with E-state index in [9.17, 15) is 0 Å². The van der Waals surface area contributed by atoms with Crippen molar-refractivity contribution in [3.63, 3.8) is 0 Å². The van der Waals surface area contributed by atoms with Crippen LogP contribution in [0.2, 0.25) is 0 Å². The Hall–Kier alpha value is 0.270. The highest BCUT2D eigenvalue weighted by atomic mass is 32.2. The maximum absolute atomic E-state index is 5.38. The summed E-state index contributed by atoms with van der Waals surface area (Å²) in [7, 11) is 0. The quantitative estimate of drug-likeness (QED) is 0.540. The Bertz CT molecular complexity index is 89.3. The molecule has 86 valence electrons. The van der Waals surface area contributed by atoms with Crippen molar-refractivity contribution in [3.05, 3.63) is 0 Å². The van der Waals surface area contributed by atoms with Crippen molar-refractivity contribution in [2.24, 2.45) is 0 Å². The summed E-state index contributed by atoms with van der Waals surface area (Å²) < 4.78 is 5.38. The summed E-state index contributed by atoms with van der Waals surface area (Å²) >= 11 is 1.93. The third-order valence-corrected chi connectivity index (χ3v) is 2.64. The zero-order chi connectivity index (χ0) is 10.5. The largest absolute Gasteiger partial charge is 0.381 e. The Balaban J connectivity index is 2.78. The van der Waals surface area contributed by atoms with E-state index in [1.54, 1.807) is 0 Å². The standard InChI is InChI=1S/C11H25NOS/c1-3-9-13-10-6-8-12-7-4-5-11-14-2/h12H,3-11H2,1-2H3. The van der Waals surface area contributed by atoms with Gasteiger partial charge in [0, 0.05) is 13.2 Å². The number of hydrogen-bond donors (Lipinski definition) is 1. The topological polar surface area (TPSA) is 21.3 Å². The highest BCUT2D eigenvalue weighted by Gasteiger charge is 1.90. The lowest BCUT2D eigenvalue weighted by Gasteiger charge is -2.04. The predicted octanol–water partition coefficient (Wildman–Crippen LogP) is 2.54. The van der Waals surface area contributed by atoms with Crippen LogP contribution in [0.1, 0.15) is 32.6 Å². The molecular weight excluding hydrogens is 194 g/mol. The van der Waals surface area contributed by atoms with Crippen molar-refractivity contribution in [1.82, 2.24) is 5.32 Å². The van der Waals surface area contributed by atoms with Gasteiger partial charge >= 0.3 is 0 Å². The Morgan fingerprint density at radius 2 is 1.86 bits per heavy atom. The fourth-order valence-electron chi connectivity index (χ4n) is 1.17. The smallest absolute Gasteiger partial charge is 0.0478 e. The van der Waals surface area contributed by atoms with E-state index in [1.165, 1.54) is 18.6 Å². The predicted molar refractivity (Wildman–Crippen MR) is 66.2 cm³/mol. The molecule has 0 saturated carbocycles. The summed E-state index contributed by atoms with van der Waals surface area (Å²) in [5.41, 5.74) is 0. The van der Waals surface area contributed by atoms with Crippen LogP contribution in [0.15, 0.2) is 0 Å². The third kappa shape index (κ3) is 12.3. The first-order valence-corrected chi connectivity index (χ1v) is 7.08. The Morgan fingerprint density at radius 3 is 2.57 bits per heavy atom. The molecular formula is C11H25NOS. The molecule has 0 radical (unpaired) electrons. The molecule has 1 N–H and O–H groups in total. The van der Waals surface area contributed by atoms with Crippen LogP contribution in [0.5, 0.6) is 0 Å². The minimum Gasteiger partial charge on any atom is -0.381 e. The number of hydrogen-bond acceptors (Lipinski definition) is 3. The Kier molecular flexibility index (Phi) is 13.5. The van der Waals surface area contributed by atoms with Gasteiger partial charge in [0.15, 0.2) is 0 Å². The lowest BCUT2D eigenvalue weighted by atomic mass is 10.3. The van der Waals surface area contributed by atoms with Gasteiger partial charge in [-0.2, -0.15) is 11.8 Å². The average Bonchev–Trinajstić information content (AvgIpc) is 2.21. The lowest BCUT2D eigenvalue weighted by molar-refractivity contribution is 0.132. The van der Waals surface area contributed by atoms with E-state index in [1.807, 2.05) is 11.8 Å². The summed E-state index contributed by atoms with van der Waals surface area (Å²) in [4.78, 5) is 0. The van der Waals surface area contributed by atoms with Crippen LogP contribution in [0.25, 0.3) is 0 Å². The fourth-order valence-corrected chi connectivity index (χ4v) is 1.66. The summed E-state index contributed by atoms with van der Waals surface area (Å²) in [5.74, 6) is 1.29. The molecule has 0 atom stereocenters. The molecule has 0 aliphatic rings. The second-order valence-corrected chi connectivity index (χ2v) is 4.40. The molecule has 0 saturated heterocycles. The van der Waals surface area contributed by atoms with E-state index < -0.39 is 0 Å². The van der Waals surface area contributed by atoms with E-state index >= 15 is 0 Å². The average molecular weight is 219 g/mol. The second-order valence-electron chi connectivity index (χ2n) is 3.42. The van der Waals surface area contributed by atoms with Gasteiger partial charge < -0.3 is 10.1 Å². The maximum atomic E-state index is 5.38. The molecule has 0 aliphatic heterocycles. The highest BCUT2D eigenvalue weighted by Crippen LogP contribution is 1.97. The Morgan fingerprint density at radius 1 is 1.07 bits per heavy atom. The molecule has 0 rings (SSSR count). The van der Waals surface area contributed by atoms with E-state index in [-0.39, 0.29) is 0 Å². The summed E-state index contributed by atoms with van der Waals surface area (Å²) in [5, 5.41) is 3.43. The molecule has 0 amide bonds. The van der Waals surface area contributed by atoms with Crippen LogP contribution in [-0.2, 0) is 4.74 Å². The molecule has 2 nitrogen and oxygen atoms in total. The van der Waals surface area contributed by atoms with Gasteiger partial charge in [-0.1, -0.05) is 6.92 Å². The number of ether oxygens (including phenoxy) is 1. The first-order chi connectivity index (χ1) is 6.91. The van der Waals surface area contributed by atoms with Crippen molar-refractivity contribution < 1.29 is 4.74 Å². The van der Waals surface area contributed by atoms with E-state index in [2.05, 4.69) is 18.5 Å². The molecule has 0 fully saturated rings. The van der Waals surface area contributed by atoms with Crippen LogP contribution in [-0.4, -0.2) is 38.3 Å². The van der Waals surface area contributed by atoms with Crippen LogP contribution < -0.4 is 5.32 Å². The maximum Gasteiger partial charge on any atom is 0.0478 e. The zero-order valence-electron chi connectivity index (χ0n) is 9.68. The van der Waals surface area contributed by atoms with E-state index in [4.69, 9.17) is 4.74 Å². The van der Waals surface area contributed by atoms with Crippen LogP contribution in [0.3, 0.4) is 0 Å². The van der Waals surface area contributed by atoms with Crippen LogP contribution in [0.4, 0.5) is 0 Å². The summed E-state index contributed by atoms with van der Waals surface area (Å²) in [6, 6.07) is 0. The monoisotopic (exact) mass is 219 g/mol.